The Kier molecular flexibility index (Phi) is 31.2. The molecular weight excluding hydrogens is 939 g/mol. The molecule has 0 aliphatic heterocycles. The van der Waals surface area contributed by atoms with Gasteiger partial charge < -0.3 is 0 Å². The predicted molar refractivity (Wildman–Crippen MR) is 301 cm³/mol. The number of aromatic nitrogens is 12. The molecule has 75 heavy (non-hydrogen) atoms. The summed E-state index contributed by atoms with van der Waals surface area (Å²) < 4.78 is 25.0. The molecule has 0 atom stereocenters. The Balaban J connectivity index is 0.000000422. The first-order chi connectivity index (χ1) is 35.3. The second-order valence-corrected chi connectivity index (χ2v) is 17.8. The minimum atomic E-state index is -0.366. The van der Waals surface area contributed by atoms with E-state index in [0.717, 1.165) is 79.6 Å². The van der Waals surface area contributed by atoms with E-state index in [-0.39, 0.29) is 11.8 Å². The first kappa shape index (κ1) is 65.0. The summed E-state index contributed by atoms with van der Waals surface area (Å²) in [6.07, 6.45) is 18.0. The smallest absolute Gasteiger partial charge is 0.215 e. The van der Waals surface area contributed by atoms with Crippen LogP contribution in [0.4, 0.5) is 8.78 Å². The number of halogens is 2. The monoisotopic (exact) mass is 1020 g/mol. The van der Waals surface area contributed by atoms with Gasteiger partial charge in [0.05, 0.1) is 22.8 Å². The van der Waals surface area contributed by atoms with Crippen LogP contribution < -0.4 is 0 Å². The van der Waals surface area contributed by atoms with Crippen LogP contribution in [0.15, 0.2) is 129 Å². The van der Waals surface area contributed by atoms with Crippen molar-refractivity contribution in [3.05, 3.63) is 248 Å². The fourth-order valence-electron chi connectivity index (χ4n) is 4.96. The Labute approximate surface area is 446 Å². The molecule has 0 saturated heterocycles. The van der Waals surface area contributed by atoms with Gasteiger partial charge >= 0.3 is 0 Å². The van der Waals surface area contributed by atoms with E-state index in [9.17, 15) is 8.78 Å². The van der Waals surface area contributed by atoms with Gasteiger partial charge in [0, 0.05) is 96.0 Å². The third kappa shape index (κ3) is 32.6. The van der Waals surface area contributed by atoms with Gasteiger partial charge in [-0.3, -0.25) is 34.9 Å². The van der Waals surface area contributed by atoms with Crippen LogP contribution in [0.25, 0.3) is 0 Å². The van der Waals surface area contributed by atoms with Crippen molar-refractivity contribution in [3.8, 4) is 0 Å². The van der Waals surface area contributed by atoms with E-state index in [0.29, 0.717) is 11.1 Å². The fraction of sp³-hybridized carbons (Fsp3) is 0.311. The Morgan fingerprint density at radius 2 is 0.560 bits per heavy atom. The Hall–Kier alpha value is -8.00. The molecule has 0 amide bonds. The van der Waals surface area contributed by atoms with E-state index in [1.807, 2.05) is 165 Å². The molecule has 14 heteroatoms. The van der Waals surface area contributed by atoms with Crippen LogP contribution in [0.2, 0.25) is 0 Å². The summed E-state index contributed by atoms with van der Waals surface area (Å²) in [5.41, 5.74) is 17.2. The predicted octanol–water partition coefficient (Wildman–Crippen LogP) is 14.1. The van der Waals surface area contributed by atoms with Crippen molar-refractivity contribution in [3.63, 3.8) is 0 Å². The van der Waals surface area contributed by atoms with Gasteiger partial charge in [0.15, 0.2) is 0 Å². The quantitative estimate of drug-likeness (QED) is 0.133. The molecule has 0 aliphatic carbocycles. The molecule has 396 valence electrons. The lowest BCUT2D eigenvalue weighted by Gasteiger charge is -1.97. The second-order valence-electron chi connectivity index (χ2n) is 17.8. The summed E-state index contributed by atoms with van der Waals surface area (Å²) in [7, 11) is 0. The Morgan fingerprint density at radius 3 is 0.813 bits per heavy atom. The van der Waals surface area contributed by atoms with Gasteiger partial charge in [-0.05, 0) is 201 Å². The van der Waals surface area contributed by atoms with Crippen molar-refractivity contribution in [2.75, 3.05) is 0 Å². The highest BCUT2D eigenvalue weighted by molar-refractivity contribution is 5.22. The number of benzene rings is 1. The minimum Gasteiger partial charge on any atom is -0.261 e. The minimum absolute atomic E-state index is 0.116. The normalized spacial score (nSPS) is 9.40. The molecule has 1 aromatic carbocycles. The van der Waals surface area contributed by atoms with Crippen molar-refractivity contribution in [1.82, 2.24) is 59.8 Å². The summed E-state index contributed by atoms with van der Waals surface area (Å²) in [6, 6.07) is 21.0. The van der Waals surface area contributed by atoms with E-state index in [1.54, 1.807) is 63.8 Å². The topological polar surface area (TPSA) is 155 Å². The number of hydrogen-bond donors (Lipinski definition) is 0. The molecule has 12 nitrogen and oxygen atoms in total. The zero-order valence-corrected chi connectivity index (χ0v) is 47.7. The van der Waals surface area contributed by atoms with Crippen LogP contribution in [0.5, 0.6) is 0 Å². The van der Waals surface area contributed by atoms with Crippen molar-refractivity contribution < 1.29 is 8.78 Å². The fourth-order valence-corrected chi connectivity index (χ4v) is 4.96. The Bertz CT molecular complexity index is 2370. The van der Waals surface area contributed by atoms with Gasteiger partial charge in [0.2, 0.25) is 5.95 Å². The lowest BCUT2D eigenvalue weighted by Crippen LogP contribution is -1.88. The number of aryl methyl sites for hydroxylation is 19. The van der Waals surface area contributed by atoms with E-state index < -0.39 is 0 Å². The van der Waals surface area contributed by atoms with Gasteiger partial charge in [-0.2, -0.15) is 4.39 Å². The van der Waals surface area contributed by atoms with E-state index in [1.165, 1.54) is 22.8 Å². The van der Waals surface area contributed by atoms with Crippen LogP contribution >= 0.6 is 0 Å². The van der Waals surface area contributed by atoms with Crippen LogP contribution in [-0.2, 0) is 0 Å². The highest BCUT2D eigenvalue weighted by Crippen LogP contribution is 2.07. The number of pyridine rings is 4. The second kappa shape index (κ2) is 36.0. The third-order valence-corrected chi connectivity index (χ3v) is 9.75. The van der Waals surface area contributed by atoms with Crippen molar-refractivity contribution in [2.45, 2.75) is 132 Å². The number of hydrogen-bond acceptors (Lipinski definition) is 12. The van der Waals surface area contributed by atoms with Gasteiger partial charge in [0.25, 0.3) is 0 Å². The molecule has 8 aromatic heterocycles. The summed E-state index contributed by atoms with van der Waals surface area (Å²) in [4.78, 5) is 48.0. The van der Waals surface area contributed by atoms with E-state index in [2.05, 4.69) is 84.9 Å². The zero-order valence-electron chi connectivity index (χ0n) is 47.7. The molecule has 0 bridgehead atoms. The summed E-state index contributed by atoms with van der Waals surface area (Å²) >= 11 is 0. The lowest BCUT2D eigenvalue weighted by atomic mass is 10.2. The maximum atomic E-state index is 12.6. The maximum Gasteiger partial charge on any atom is 0.215 e. The molecule has 0 N–H and O–H groups in total. The van der Waals surface area contributed by atoms with Crippen LogP contribution in [0.3, 0.4) is 0 Å². The van der Waals surface area contributed by atoms with Crippen molar-refractivity contribution in [1.29, 1.82) is 0 Å². The Morgan fingerprint density at radius 1 is 0.253 bits per heavy atom. The highest BCUT2D eigenvalue weighted by Gasteiger charge is 1.96. The molecule has 0 aliphatic rings. The molecule has 0 fully saturated rings. The van der Waals surface area contributed by atoms with Crippen LogP contribution in [0, 0.1) is 143 Å². The van der Waals surface area contributed by atoms with Crippen molar-refractivity contribution >= 4 is 0 Å². The number of rotatable bonds is 0. The van der Waals surface area contributed by atoms with E-state index in [4.69, 9.17) is 0 Å². The zero-order chi connectivity index (χ0) is 56.5. The summed E-state index contributed by atoms with van der Waals surface area (Å²) in [5, 5.41) is 0. The maximum absolute atomic E-state index is 12.6. The SMILES string of the molecule is Cc1ccc(C)c(C)n1.Cc1ccc(C)c(F)c1.Cc1ccc(C)c(F)n1.Cc1ccc(C)nc1.Cc1ccc(C)nc1.Cc1cnc(C)cn1.Cc1cnc(C)cn1.Cc1cnc(C)nc1.Cc1cnc(C)nc1. The van der Waals surface area contributed by atoms with Crippen molar-refractivity contribution in [2.24, 2.45) is 0 Å². The molecule has 0 radical (unpaired) electrons. The average Bonchev–Trinajstić information content (AvgIpc) is 3.37. The van der Waals surface area contributed by atoms with Crippen LogP contribution in [0.1, 0.15) is 107 Å². The summed E-state index contributed by atoms with van der Waals surface area (Å²) in [5.74, 6) is 1.18. The highest BCUT2D eigenvalue weighted by atomic mass is 19.1. The average molecular weight is 1020 g/mol. The first-order valence-corrected chi connectivity index (χ1v) is 24.4. The van der Waals surface area contributed by atoms with Gasteiger partial charge in [-0.15, -0.1) is 0 Å². The lowest BCUT2D eigenvalue weighted by molar-refractivity contribution is 0.571. The standard InChI is InChI=1S/C8H9F.C8H11N.C7H8FN.2C7H9N.4C6H8N2/c1-6-3-4-7(2)8(9)5-6;1-6-4-5-7(2)9-8(6)3;1-5-3-4-6(2)9-7(5)8;2*1-6-3-4-7(2)8-5-6;2*1-5-3-8-6(2)4-7-5;2*1-5-3-7-6(2)8-4-5/h3-5H,1-2H3;4-5H,1-3H3;3-4H,1-2H3;2*3-5H,1-2H3;4*3-4H,1-2H3. The van der Waals surface area contributed by atoms with Crippen LogP contribution in [-0.4, -0.2) is 59.8 Å². The third-order valence-electron chi connectivity index (χ3n) is 9.75. The molecular formula is C61H78F2N12. The van der Waals surface area contributed by atoms with Gasteiger partial charge in [-0.1, -0.05) is 36.4 Å². The molecule has 8 heterocycles. The number of nitrogens with zero attached hydrogens (tertiary/aromatic N) is 12. The molecule has 9 aromatic rings. The molecule has 9 rings (SSSR count). The van der Waals surface area contributed by atoms with Gasteiger partial charge in [-0.25, -0.2) is 29.3 Å². The van der Waals surface area contributed by atoms with E-state index >= 15 is 0 Å². The molecule has 0 unspecified atom stereocenters. The summed E-state index contributed by atoms with van der Waals surface area (Å²) in [6.45, 7) is 36.6. The molecule has 0 spiro atoms. The first-order valence-electron chi connectivity index (χ1n) is 24.4. The van der Waals surface area contributed by atoms with Gasteiger partial charge in [0.1, 0.15) is 17.5 Å². The molecule has 0 saturated carbocycles. The largest absolute Gasteiger partial charge is 0.261 e.